The van der Waals surface area contributed by atoms with Gasteiger partial charge in [-0.1, -0.05) is 0 Å². The van der Waals surface area contributed by atoms with Gasteiger partial charge in [0.25, 0.3) is 0 Å². The van der Waals surface area contributed by atoms with E-state index in [0.717, 1.165) is 0 Å². The van der Waals surface area contributed by atoms with Gasteiger partial charge in [-0.15, -0.1) is 0 Å². The van der Waals surface area contributed by atoms with Crippen LogP contribution in [0.1, 0.15) is 20.8 Å². The summed E-state index contributed by atoms with van der Waals surface area (Å²) in [6.45, 7) is 7.06. The van der Waals surface area contributed by atoms with Gasteiger partial charge in [0, 0.05) is 0 Å². The van der Waals surface area contributed by atoms with E-state index in [-0.39, 0.29) is 0 Å². The Kier molecular flexibility index (Phi) is 4.03. The van der Waals surface area contributed by atoms with Gasteiger partial charge in [-0.2, -0.15) is 0 Å². The summed E-state index contributed by atoms with van der Waals surface area (Å²) in [6, 6.07) is 0. The number of hydrogen-bond donors (Lipinski definition) is 0. The van der Waals surface area contributed by atoms with Crippen LogP contribution in [0.5, 0.6) is 0 Å². The molecule has 68 valence electrons. The fourth-order valence-corrected chi connectivity index (χ4v) is 15.8. The van der Waals surface area contributed by atoms with Crippen molar-refractivity contribution in [2.24, 2.45) is 0 Å². The summed E-state index contributed by atoms with van der Waals surface area (Å²) >= 11 is -0.0105. The molecule has 0 aliphatic carbocycles. The van der Waals surface area contributed by atoms with Crippen molar-refractivity contribution in [2.45, 2.75) is 34.1 Å². The van der Waals surface area contributed by atoms with Crippen LogP contribution in [0.15, 0.2) is 11.6 Å². The van der Waals surface area contributed by atoms with Crippen LogP contribution in [0, 0.1) is 0 Å². The van der Waals surface area contributed by atoms with E-state index in [4.69, 9.17) is 0 Å². The SMILES string of the molecule is C[CH2][Sn]([CH2]C)([CH2]C)[c]1nccs1. The fraction of sp³-hybridized carbons (Fsp3) is 0.667. The average molecular weight is 290 g/mol. The molecule has 1 heterocycles. The third kappa shape index (κ3) is 1.84. The van der Waals surface area contributed by atoms with E-state index in [2.05, 4.69) is 31.1 Å². The maximum atomic E-state index is 4.51. The van der Waals surface area contributed by atoms with Crippen molar-refractivity contribution < 1.29 is 0 Å². The zero-order valence-corrected chi connectivity index (χ0v) is 11.8. The molecule has 1 rings (SSSR count). The minimum atomic E-state index is -1.90. The molecular formula is C9H17NSSn. The van der Waals surface area contributed by atoms with Crippen LogP contribution < -0.4 is 3.02 Å². The van der Waals surface area contributed by atoms with Crippen molar-refractivity contribution >= 4 is 32.7 Å². The van der Waals surface area contributed by atoms with Crippen molar-refractivity contribution in [3.05, 3.63) is 11.6 Å². The quantitative estimate of drug-likeness (QED) is 0.777. The number of nitrogens with zero attached hydrogens (tertiary/aromatic N) is 1. The van der Waals surface area contributed by atoms with Gasteiger partial charge in [-0.25, -0.2) is 0 Å². The van der Waals surface area contributed by atoms with E-state index in [1.165, 1.54) is 16.3 Å². The van der Waals surface area contributed by atoms with Gasteiger partial charge in [0.05, 0.1) is 0 Å². The summed E-state index contributed by atoms with van der Waals surface area (Å²) in [4.78, 5) is 4.51. The summed E-state index contributed by atoms with van der Waals surface area (Å²) in [5.74, 6) is 0. The summed E-state index contributed by atoms with van der Waals surface area (Å²) in [5.41, 5.74) is 0. The molecule has 1 nitrogen and oxygen atoms in total. The Morgan fingerprint density at radius 2 is 1.83 bits per heavy atom. The van der Waals surface area contributed by atoms with Crippen molar-refractivity contribution in [3.63, 3.8) is 0 Å². The molecule has 0 aliphatic rings. The van der Waals surface area contributed by atoms with Gasteiger partial charge in [0.1, 0.15) is 0 Å². The normalized spacial score (nSPS) is 11.9. The minimum absolute atomic E-state index is 1.41. The molecule has 0 saturated carbocycles. The van der Waals surface area contributed by atoms with Crippen molar-refractivity contribution in [3.8, 4) is 0 Å². The Morgan fingerprint density at radius 1 is 1.25 bits per heavy atom. The third-order valence-corrected chi connectivity index (χ3v) is 22.0. The molecule has 0 spiro atoms. The van der Waals surface area contributed by atoms with Gasteiger partial charge >= 0.3 is 83.4 Å². The summed E-state index contributed by atoms with van der Waals surface area (Å²) in [6.07, 6.45) is 1.96. The van der Waals surface area contributed by atoms with Crippen molar-refractivity contribution in [1.82, 2.24) is 4.98 Å². The van der Waals surface area contributed by atoms with E-state index in [9.17, 15) is 0 Å². The van der Waals surface area contributed by atoms with Gasteiger partial charge in [-0.3, -0.25) is 0 Å². The van der Waals surface area contributed by atoms with Crippen LogP contribution in [-0.4, -0.2) is 23.4 Å². The molecule has 3 heteroatoms. The first kappa shape index (κ1) is 10.5. The van der Waals surface area contributed by atoms with E-state index < -0.39 is 18.4 Å². The second-order valence-electron chi connectivity index (χ2n) is 3.18. The van der Waals surface area contributed by atoms with Gasteiger partial charge in [-0.05, 0) is 0 Å². The molecule has 1 aromatic heterocycles. The van der Waals surface area contributed by atoms with Crippen LogP contribution in [-0.2, 0) is 0 Å². The Morgan fingerprint density at radius 3 is 2.17 bits per heavy atom. The van der Waals surface area contributed by atoms with Gasteiger partial charge in [0.15, 0.2) is 0 Å². The zero-order valence-electron chi connectivity index (χ0n) is 8.13. The Labute approximate surface area is 83.1 Å². The van der Waals surface area contributed by atoms with E-state index in [1.54, 1.807) is 0 Å². The van der Waals surface area contributed by atoms with E-state index >= 15 is 0 Å². The molecule has 0 atom stereocenters. The molecule has 0 unspecified atom stereocenters. The second kappa shape index (κ2) is 4.61. The molecule has 0 amide bonds. The summed E-state index contributed by atoms with van der Waals surface area (Å²) in [5, 5.41) is 2.13. The molecule has 0 N–H and O–H groups in total. The molecule has 0 bridgehead atoms. The standard InChI is InChI=1S/C3H2NS.3C2H5.Sn/c1-2-5-3-4-1;3*1-2;/h1-2H;3*1H2,2H3;. The van der Waals surface area contributed by atoms with Crippen LogP contribution >= 0.6 is 11.3 Å². The van der Waals surface area contributed by atoms with Crippen LogP contribution in [0.4, 0.5) is 0 Å². The molecule has 0 radical (unpaired) electrons. The van der Waals surface area contributed by atoms with Crippen LogP contribution in [0.2, 0.25) is 13.3 Å². The summed E-state index contributed by atoms with van der Waals surface area (Å²) in [7, 11) is 0. The zero-order chi connectivity index (χ0) is 9.03. The fourth-order valence-electron chi connectivity index (χ4n) is 1.69. The van der Waals surface area contributed by atoms with E-state index in [1.807, 2.05) is 17.5 Å². The maximum absolute atomic E-state index is 4.51. The number of hydrogen-bond acceptors (Lipinski definition) is 2. The Hall–Kier alpha value is 0.429. The average Bonchev–Trinajstić information content (AvgIpc) is 2.62. The second-order valence-corrected chi connectivity index (χ2v) is 19.8. The molecule has 0 saturated heterocycles. The topological polar surface area (TPSA) is 12.9 Å². The molecule has 1 aromatic rings. The molecule has 0 fully saturated rings. The van der Waals surface area contributed by atoms with Gasteiger partial charge in [0.2, 0.25) is 0 Å². The first-order valence-electron chi connectivity index (χ1n) is 4.69. The monoisotopic (exact) mass is 291 g/mol. The predicted octanol–water partition coefficient (Wildman–Crippen LogP) is 2.86. The first-order chi connectivity index (χ1) is 5.79. The van der Waals surface area contributed by atoms with Crippen LogP contribution in [0.25, 0.3) is 0 Å². The number of aromatic nitrogens is 1. The first-order valence-corrected chi connectivity index (χ1v) is 13.0. The molecular weight excluding hydrogens is 273 g/mol. The molecule has 0 aliphatic heterocycles. The third-order valence-electron chi connectivity index (χ3n) is 2.92. The summed E-state index contributed by atoms with van der Waals surface area (Å²) < 4.78 is 5.76. The van der Waals surface area contributed by atoms with Gasteiger partial charge < -0.3 is 0 Å². The van der Waals surface area contributed by atoms with E-state index in [0.29, 0.717) is 0 Å². The molecule has 0 aromatic carbocycles. The number of thiazole rings is 1. The van der Waals surface area contributed by atoms with Crippen molar-refractivity contribution in [2.75, 3.05) is 0 Å². The Bertz CT molecular complexity index is 208. The Balaban J connectivity index is 2.93. The molecule has 12 heavy (non-hydrogen) atoms. The number of rotatable bonds is 4. The predicted molar refractivity (Wildman–Crippen MR) is 58.9 cm³/mol. The van der Waals surface area contributed by atoms with Crippen LogP contribution in [0.3, 0.4) is 0 Å². The van der Waals surface area contributed by atoms with Crippen molar-refractivity contribution in [1.29, 1.82) is 0 Å².